The Labute approximate surface area is 146 Å². The van der Waals surface area contributed by atoms with E-state index in [9.17, 15) is 13.6 Å². The van der Waals surface area contributed by atoms with Gasteiger partial charge in [-0.3, -0.25) is 9.48 Å². The molecule has 1 aliphatic heterocycles. The van der Waals surface area contributed by atoms with Crippen LogP contribution in [0.25, 0.3) is 0 Å². The number of aromatic nitrogens is 2. The molecule has 2 atom stereocenters. The van der Waals surface area contributed by atoms with E-state index in [0.29, 0.717) is 18.9 Å². The molecule has 2 aliphatic carbocycles. The van der Waals surface area contributed by atoms with Crippen LogP contribution in [0, 0.1) is 11.8 Å². The van der Waals surface area contributed by atoms with E-state index in [0.717, 1.165) is 18.6 Å². The summed E-state index contributed by atoms with van der Waals surface area (Å²) in [5, 5.41) is 4.19. The molecular weight excluding hydrogens is 328 g/mol. The van der Waals surface area contributed by atoms with Gasteiger partial charge in [0.25, 0.3) is 0 Å². The molecule has 2 saturated carbocycles. The zero-order valence-corrected chi connectivity index (χ0v) is 14.5. The highest BCUT2D eigenvalue weighted by Gasteiger charge is 2.52. The Morgan fingerprint density at radius 1 is 1.36 bits per heavy atom. The van der Waals surface area contributed by atoms with Crippen molar-refractivity contribution in [3.05, 3.63) is 18.0 Å². The van der Waals surface area contributed by atoms with Crippen LogP contribution in [0.1, 0.15) is 37.7 Å². The first-order valence-corrected chi connectivity index (χ1v) is 9.19. The first-order valence-electron chi connectivity index (χ1n) is 9.19. The molecule has 1 aromatic heterocycles. The first-order chi connectivity index (χ1) is 11.9. The fourth-order valence-corrected chi connectivity index (χ4v) is 3.97. The maximum Gasteiger partial charge on any atom is 0.249 e. The van der Waals surface area contributed by atoms with Crippen LogP contribution < -0.4 is 0 Å². The van der Waals surface area contributed by atoms with E-state index in [-0.39, 0.29) is 30.9 Å². The summed E-state index contributed by atoms with van der Waals surface area (Å²) in [4.78, 5) is 14.5. The number of amides is 1. The Morgan fingerprint density at radius 3 is 2.72 bits per heavy atom. The van der Waals surface area contributed by atoms with Gasteiger partial charge in [0.1, 0.15) is 0 Å². The Morgan fingerprint density at radius 2 is 2.12 bits per heavy atom. The van der Waals surface area contributed by atoms with Crippen LogP contribution in [-0.2, 0) is 23.0 Å². The summed E-state index contributed by atoms with van der Waals surface area (Å²) in [6, 6.07) is -0.0790. The van der Waals surface area contributed by atoms with Crippen LogP contribution >= 0.6 is 0 Å². The zero-order valence-electron chi connectivity index (χ0n) is 14.5. The number of aryl methyl sites for hydroxylation is 1. The molecule has 138 valence electrons. The summed E-state index contributed by atoms with van der Waals surface area (Å²) >= 11 is 0. The molecule has 0 bridgehead atoms. The van der Waals surface area contributed by atoms with Crippen molar-refractivity contribution in [1.29, 1.82) is 0 Å². The lowest BCUT2D eigenvalue weighted by Crippen LogP contribution is -2.50. The third-order valence-corrected chi connectivity index (χ3v) is 5.65. The van der Waals surface area contributed by atoms with Crippen molar-refractivity contribution in [3.63, 3.8) is 0 Å². The highest BCUT2D eigenvalue weighted by molar-refractivity contribution is 5.80. The third kappa shape index (κ3) is 3.71. The molecule has 2 heterocycles. The van der Waals surface area contributed by atoms with Gasteiger partial charge in [0.15, 0.2) is 0 Å². The number of alkyl halides is 2. The number of carbonyl (C=O) groups excluding carboxylic acids is 1. The van der Waals surface area contributed by atoms with E-state index < -0.39 is 11.8 Å². The molecule has 0 spiro atoms. The average molecular weight is 353 g/mol. The summed E-state index contributed by atoms with van der Waals surface area (Å²) in [5.74, 6) is -2.67. The monoisotopic (exact) mass is 353 g/mol. The van der Waals surface area contributed by atoms with Crippen molar-refractivity contribution in [2.24, 2.45) is 18.9 Å². The normalized spacial score (nSPS) is 29.0. The molecule has 3 aliphatic rings. The lowest BCUT2D eigenvalue weighted by atomic mass is 9.80. The number of hydrogen-bond donors (Lipinski definition) is 0. The number of nitrogens with zero attached hydrogens (tertiary/aromatic N) is 3. The Balaban J connectivity index is 1.45. The van der Waals surface area contributed by atoms with Gasteiger partial charge < -0.3 is 9.64 Å². The van der Waals surface area contributed by atoms with Crippen LogP contribution in [0.15, 0.2) is 12.4 Å². The van der Waals surface area contributed by atoms with Gasteiger partial charge >= 0.3 is 0 Å². The average Bonchev–Trinajstić information content (AvgIpc) is 3.15. The van der Waals surface area contributed by atoms with Crippen molar-refractivity contribution < 1.29 is 18.3 Å². The SMILES string of the molecule is Cn1cc(C[C@H]2[C@H](OCC3CC3)CCN2C(=O)C2CC(F)(F)C2)cn1. The van der Waals surface area contributed by atoms with Crippen molar-refractivity contribution >= 4 is 5.91 Å². The Bertz CT molecular complexity index is 636. The summed E-state index contributed by atoms with van der Waals surface area (Å²) < 4.78 is 34.2. The van der Waals surface area contributed by atoms with Crippen LogP contribution in [0.4, 0.5) is 8.78 Å². The molecule has 1 aromatic rings. The van der Waals surface area contributed by atoms with E-state index >= 15 is 0 Å². The zero-order chi connectivity index (χ0) is 17.6. The molecule has 1 amide bonds. The second-order valence-corrected chi connectivity index (χ2v) is 7.89. The number of likely N-dealkylation sites (tertiary alicyclic amines) is 1. The number of rotatable bonds is 6. The molecule has 1 saturated heterocycles. The van der Waals surface area contributed by atoms with Gasteiger partial charge in [-0.1, -0.05) is 0 Å². The molecule has 3 fully saturated rings. The van der Waals surface area contributed by atoms with Crippen LogP contribution in [-0.4, -0.2) is 51.8 Å². The molecule has 4 rings (SSSR count). The fourth-order valence-electron chi connectivity index (χ4n) is 3.97. The van der Waals surface area contributed by atoms with Gasteiger partial charge in [0, 0.05) is 45.2 Å². The summed E-state index contributed by atoms with van der Waals surface area (Å²) in [6.45, 7) is 1.35. The van der Waals surface area contributed by atoms with Crippen molar-refractivity contribution in [1.82, 2.24) is 14.7 Å². The molecule has 5 nitrogen and oxygen atoms in total. The van der Waals surface area contributed by atoms with Gasteiger partial charge in [-0.05, 0) is 37.2 Å². The fraction of sp³-hybridized carbons (Fsp3) is 0.778. The predicted molar refractivity (Wildman–Crippen MR) is 87.2 cm³/mol. The minimum atomic E-state index is -2.67. The van der Waals surface area contributed by atoms with Gasteiger partial charge in [-0.2, -0.15) is 5.10 Å². The molecule has 0 N–H and O–H groups in total. The van der Waals surface area contributed by atoms with E-state index in [4.69, 9.17) is 4.74 Å². The minimum absolute atomic E-state index is 0.00894. The third-order valence-electron chi connectivity index (χ3n) is 5.65. The second kappa shape index (κ2) is 6.34. The van der Waals surface area contributed by atoms with Crippen molar-refractivity contribution in [3.8, 4) is 0 Å². The van der Waals surface area contributed by atoms with E-state index in [2.05, 4.69) is 5.10 Å². The standard InChI is InChI=1S/C18H25F2N3O2/c1-22-10-13(9-21-22)6-15-16(25-11-12-2-3-12)4-5-23(15)17(24)14-7-18(19,20)8-14/h9-10,12,14-16H,2-8,11H2,1H3/t15-,16+/m0/s1. The van der Waals surface area contributed by atoms with Gasteiger partial charge in [-0.25, -0.2) is 8.78 Å². The first kappa shape index (κ1) is 16.9. The number of halogens is 2. The Kier molecular flexibility index (Phi) is 4.30. The van der Waals surface area contributed by atoms with E-state index in [1.807, 2.05) is 13.2 Å². The molecule has 0 radical (unpaired) electrons. The quantitative estimate of drug-likeness (QED) is 0.789. The van der Waals surface area contributed by atoms with Crippen LogP contribution in [0.5, 0.6) is 0 Å². The highest BCUT2D eigenvalue weighted by Crippen LogP contribution is 2.44. The summed E-state index contributed by atoms with van der Waals surface area (Å²) in [5.41, 5.74) is 1.05. The van der Waals surface area contributed by atoms with Gasteiger partial charge in [-0.15, -0.1) is 0 Å². The summed E-state index contributed by atoms with van der Waals surface area (Å²) in [6.07, 6.45) is 7.01. The topological polar surface area (TPSA) is 47.4 Å². The molecule has 0 unspecified atom stereocenters. The maximum atomic E-state index is 13.2. The number of hydrogen-bond acceptors (Lipinski definition) is 3. The van der Waals surface area contributed by atoms with Gasteiger partial charge in [0.05, 0.1) is 18.3 Å². The highest BCUT2D eigenvalue weighted by atomic mass is 19.3. The number of carbonyl (C=O) groups is 1. The number of ether oxygens (including phenoxy) is 1. The van der Waals surface area contributed by atoms with Crippen molar-refractivity contribution in [2.75, 3.05) is 13.2 Å². The van der Waals surface area contributed by atoms with Gasteiger partial charge in [0.2, 0.25) is 11.8 Å². The predicted octanol–water partition coefficient (Wildman–Crippen LogP) is 2.40. The smallest absolute Gasteiger partial charge is 0.249 e. The van der Waals surface area contributed by atoms with Crippen LogP contribution in [0.2, 0.25) is 0 Å². The largest absolute Gasteiger partial charge is 0.376 e. The molecule has 7 heteroatoms. The lowest BCUT2D eigenvalue weighted by molar-refractivity contribution is -0.161. The molecular formula is C18H25F2N3O2. The molecule has 25 heavy (non-hydrogen) atoms. The Hall–Kier alpha value is -1.50. The maximum absolute atomic E-state index is 13.2. The second-order valence-electron chi connectivity index (χ2n) is 7.89. The van der Waals surface area contributed by atoms with Crippen molar-refractivity contribution in [2.45, 2.75) is 56.6 Å². The lowest BCUT2D eigenvalue weighted by Gasteiger charge is -2.38. The minimum Gasteiger partial charge on any atom is -0.376 e. The van der Waals surface area contributed by atoms with E-state index in [1.165, 1.54) is 12.8 Å². The summed E-state index contributed by atoms with van der Waals surface area (Å²) in [7, 11) is 1.86. The molecule has 0 aromatic carbocycles. The van der Waals surface area contributed by atoms with Crippen LogP contribution in [0.3, 0.4) is 0 Å². The van der Waals surface area contributed by atoms with E-state index in [1.54, 1.807) is 15.8 Å².